The van der Waals surface area contributed by atoms with Crippen molar-refractivity contribution in [2.45, 2.75) is 30.9 Å². The lowest BCUT2D eigenvalue weighted by Gasteiger charge is -2.41. The van der Waals surface area contributed by atoms with E-state index >= 15 is 0 Å². The average Bonchev–Trinajstić information content (AvgIpc) is 2.17. The average molecular weight is 264 g/mol. The first-order valence-electron chi connectivity index (χ1n) is 5.46. The Kier molecular flexibility index (Phi) is 3.12. The van der Waals surface area contributed by atoms with Crippen LogP contribution in [0.3, 0.4) is 0 Å². The van der Waals surface area contributed by atoms with Crippen LogP contribution >= 0.6 is 11.6 Å². The summed E-state index contributed by atoms with van der Waals surface area (Å²) in [7, 11) is 0. The summed E-state index contributed by atoms with van der Waals surface area (Å²) in [6.07, 6.45) is -1.70. The molecule has 1 fully saturated rings. The number of benzene rings is 1. The van der Waals surface area contributed by atoms with Crippen molar-refractivity contribution in [1.82, 2.24) is 0 Å². The van der Waals surface area contributed by atoms with Crippen molar-refractivity contribution in [3.63, 3.8) is 0 Å². The molecule has 0 saturated heterocycles. The topological polar surface area (TPSA) is 26.0 Å². The van der Waals surface area contributed by atoms with E-state index in [9.17, 15) is 13.2 Å². The Hall–Kier alpha value is -0.740. The van der Waals surface area contributed by atoms with Gasteiger partial charge in [-0.1, -0.05) is 24.1 Å². The van der Waals surface area contributed by atoms with Crippen molar-refractivity contribution in [3.05, 3.63) is 34.3 Å². The summed E-state index contributed by atoms with van der Waals surface area (Å²) < 4.78 is 38.2. The molecule has 2 rings (SSSR count). The molecular formula is C12H13ClF3N. The zero-order valence-electron chi connectivity index (χ0n) is 9.15. The van der Waals surface area contributed by atoms with Crippen LogP contribution in [-0.4, -0.2) is 6.54 Å². The quantitative estimate of drug-likeness (QED) is 0.864. The zero-order chi connectivity index (χ0) is 12.7. The minimum absolute atomic E-state index is 0.257. The minimum Gasteiger partial charge on any atom is -0.330 e. The van der Waals surface area contributed by atoms with Crippen LogP contribution in [0.5, 0.6) is 0 Å². The third-order valence-corrected chi connectivity index (χ3v) is 3.92. The van der Waals surface area contributed by atoms with E-state index in [1.807, 2.05) is 0 Å². The molecule has 5 heteroatoms. The molecule has 0 bridgehead atoms. The minimum atomic E-state index is -4.41. The molecule has 1 aliphatic carbocycles. The van der Waals surface area contributed by atoms with Gasteiger partial charge in [0, 0.05) is 12.0 Å². The molecule has 1 nitrogen and oxygen atoms in total. The van der Waals surface area contributed by atoms with Gasteiger partial charge in [-0.25, -0.2) is 0 Å². The summed E-state index contributed by atoms with van der Waals surface area (Å²) in [4.78, 5) is 0. The molecule has 17 heavy (non-hydrogen) atoms. The van der Waals surface area contributed by atoms with E-state index in [1.54, 1.807) is 6.07 Å². The second kappa shape index (κ2) is 4.18. The Bertz CT molecular complexity index is 419. The Morgan fingerprint density at radius 1 is 1.29 bits per heavy atom. The Morgan fingerprint density at radius 2 is 1.94 bits per heavy atom. The lowest BCUT2D eigenvalue weighted by atomic mass is 9.64. The molecule has 0 radical (unpaired) electrons. The van der Waals surface area contributed by atoms with Crippen LogP contribution in [0.1, 0.15) is 30.4 Å². The lowest BCUT2D eigenvalue weighted by molar-refractivity contribution is -0.137. The molecule has 1 aromatic rings. The summed E-state index contributed by atoms with van der Waals surface area (Å²) in [6, 6.07) is 4.12. The summed E-state index contributed by atoms with van der Waals surface area (Å²) in [5.41, 5.74) is 5.30. The van der Waals surface area contributed by atoms with Crippen molar-refractivity contribution in [2.75, 3.05) is 6.54 Å². The number of alkyl halides is 3. The highest BCUT2D eigenvalue weighted by atomic mass is 35.5. The fraction of sp³-hybridized carbons (Fsp3) is 0.500. The van der Waals surface area contributed by atoms with E-state index in [0.717, 1.165) is 25.3 Å². The molecule has 1 aliphatic rings. The normalized spacial score (nSPS) is 18.9. The monoisotopic (exact) mass is 263 g/mol. The Morgan fingerprint density at radius 3 is 2.35 bits per heavy atom. The van der Waals surface area contributed by atoms with E-state index in [1.165, 1.54) is 6.07 Å². The molecule has 0 amide bonds. The van der Waals surface area contributed by atoms with Crippen molar-refractivity contribution in [1.29, 1.82) is 0 Å². The largest absolute Gasteiger partial charge is 0.417 e. The standard InChI is InChI=1S/C12H13ClF3N/c13-10-3-2-8(6-9(10)12(14,15)16)11(7-17)4-1-5-11/h2-3,6H,1,4-5,7,17H2. The molecule has 94 valence electrons. The van der Waals surface area contributed by atoms with Crippen molar-refractivity contribution >= 4 is 11.6 Å². The third kappa shape index (κ3) is 2.16. The SMILES string of the molecule is NCC1(c2ccc(Cl)c(C(F)(F)F)c2)CCC1. The predicted octanol–water partition coefficient (Wildman–Crippen LogP) is 3.74. The van der Waals surface area contributed by atoms with Gasteiger partial charge in [0.1, 0.15) is 0 Å². The van der Waals surface area contributed by atoms with Crippen LogP contribution in [-0.2, 0) is 11.6 Å². The van der Waals surface area contributed by atoms with Gasteiger partial charge >= 0.3 is 6.18 Å². The molecule has 0 aliphatic heterocycles. The van der Waals surface area contributed by atoms with E-state index in [2.05, 4.69) is 0 Å². The van der Waals surface area contributed by atoms with Crippen LogP contribution in [0.25, 0.3) is 0 Å². The number of hydrogen-bond acceptors (Lipinski definition) is 1. The Balaban J connectivity index is 2.44. The summed E-state index contributed by atoms with van der Waals surface area (Å²) in [5, 5.41) is -0.257. The maximum absolute atomic E-state index is 12.7. The van der Waals surface area contributed by atoms with Gasteiger partial charge in [-0.3, -0.25) is 0 Å². The fourth-order valence-electron chi connectivity index (χ4n) is 2.29. The molecule has 0 heterocycles. The number of halogens is 4. The van der Waals surface area contributed by atoms with Gasteiger partial charge in [0.05, 0.1) is 10.6 Å². The number of nitrogens with two attached hydrogens (primary N) is 1. The van der Waals surface area contributed by atoms with Gasteiger partial charge in [0.2, 0.25) is 0 Å². The fourth-order valence-corrected chi connectivity index (χ4v) is 2.51. The highest BCUT2D eigenvalue weighted by Crippen LogP contribution is 2.45. The van der Waals surface area contributed by atoms with Gasteiger partial charge in [0.25, 0.3) is 0 Å². The van der Waals surface area contributed by atoms with Crippen LogP contribution in [0.4, 0.5) is 13.2 Å². The molecule has 1 saturated carbocycles. The molecule has 2 N–H and O–H groups in total. The first-order valence-corrected chi connectivity index (χ1v) is 5.84. The summed E-state index contributed by atoms with van der Waals surface area (Å²) in [6.45, 7) is 0.381. The highest BCUT2D eigenvalue weighted by Gasteiger charge is 2.40. The molecule has 0 aromatic heterocycles. The first-order chi connectivity index (χ1) is 7.89. The Labute approximate surface area is 103 Å². The van der Waals surface area contributed by atoms with E-state index in [4.69, 9.17) is 17.3 Å². The lowest BCUT2D eigenvalue weighted by Crippen LogP contribution is -2.41. The van der Waals surface area contributed by atoms with Crippen molar-refractivity contribution in [2.24, 2.45) is 5.73 Å². The molecule has 0 unspecified atom stereocenters. The summed E-state index contributed by atoms with van der Waals surface area (Å²) in [5.74, 6) is 0. The maximum atomic E-state index is 12.7. The van der Waals surface area contributed by atoms with Gasteiger partial charge in [-0.15, -0.1) is 0 Å². The number of rotatable bonds is 2. The van der Waals surface area contributed by atoms with Gasteiger partial charge < -0.3 is 5.73 Å². The molecular weight excluding hydrogens is 251 g/mol. The second-order valence-corrected chi connectivity index (χ2v) is 4.94. The molecule has 1 aromatic carbocycles. The van der Waals surface area contributed by atoms with Gasteiger partial charge in [-0.2, -0.15) is 13.2 Å². The predicted molar refractivity (Wildman–Crippen MR) is 61.0 cm³/mol. The third-order valence-electron chi connectivity index (χ3n) is 3.59. The number of hydrogen-bond donors (Lipinski definition) is 1. The smallest absolute Gasteiger partial charge is 0.330 e. The molecule has 0 atom stereocenters. The van der Waals surface area contributed by atoms with Crippen LogP contribution in [0.15, 0.2) is 18.2 Å². The van der Waals surface area contributed by atoms with Crippen molar-refractivity contribution in [3.8, 4) is 0 Å². The van der Waals surface area contributed by atoms with E-state index in [0.29, 0.717) is 12.1 Å². The zero-order valence-corrected chi connectivity index (χ0v) is 9.91. The van der Waals surface area contributed by atoms with Gasteiger partial charge in [-0.05, 0) is 30.5 Å². The summed E-state index contributed by atoms with van der Waals surface area (Å²) >= 11 is 5.58. The van der Waals surface area contributed by atoms with Crippen molar-refractivity contribution < 1.29 is 13.2 Å². The first kappa shape index (κ1) is 12.7. The maximum Gasteiger partial charge on any atom is 0.417 e. The highest BCUT2D eigenvalue weighted by molar-refractivity contribution is 6.31. The second-order valence-electron chi connectivity index (χ2n) is 4.53. The van der Waals surface area contributed by atoms with Crippen LogP contribution < -0.4 is 5.73 Å². The van der Waals surface area contributed by atoms with E-state index in [-0.39, 0.29) is 10.4 Å². The van der Waals surface area contributed by atoms with E-state index < -0.39 is 11.7 Å². The molecule has 0 spiro atoms. The van der Waals surface area contributed by atoms with Crippen LogP contribution in [0, 0.1) is 0 Å². The van der Waals surface area contributed by atoms with Gasteiger partial charge in [0.15, 0.2) is 0 Å². The van der Waals surface area contributed by atoms with Crippen LogP contribution in [0.2, 0.25) is 5.02 Å².